The summed E-state index contributed by atoms with van der Waals surface area (Å²) in [6, 6.07) is 6.16. The van der Waals surface area contributed by atoms with Crippen molar-refractivity contribution >= 4 is 23.5 Å². The van der Waals surface area contributed by atoms with Crippen LogP contribution in [0.4, 0.5) is 10.5 Å². The summed E-state index contributed by atoms with van der Waals surface area (Å²) in [6.07, 6.45) is 0. The third-order valence-electron chi connectivity index (χ3n) is 4.12. The fourth-order valence-corrected chi connectivity index (χ4v) is 2.76. The first-order chi connectivity index (χ1) is 12.0. The van der Waals surface area contributed by atoms with Gasteiger partial charge in [0.15, 0.2) is 5.92 Å². The van der Waals surface area contributed by atoms with Crippen molar-refractivity contribution in [2.75, 3.05) is 31.2 Å². The monoisotopic (exact) mass is 344 g/mol. The summed E-state index contributed by atoms with van der Waals surface area (Å²) >= 11 is 0. The van der Waals surface area contributed by atoms with Gasteiger partial charge in [-0.2, -0.15) is 0 Å². The molecule has 1 atom stereocenters. The second-order valence-electron chi connectivity index (χ2n) is 5.97. The Morgan fingerprint density at radius 2 is 1.84 bits per heavy atom. The molecule has 1 aromatic rings. The highest BCUT2D eigenvalue weighted by atomic mass is 16.5. The summed E-state index contributed by atoms with van der Waals surface area (Å²) in [5.74, 6) is -2.48. The molecular weight excluding hydrogens is 324 g/mol. The van der Waals surface area contributed by atoms with E-state index in [2.05, 4.69) is 17.3 Å². The van der Waals surface area contributed by atoms with Crippen molar-refractivity contribution in [1.82, 2.24) is 15.8 Å². The Hall–Kier alpha value is -2.71. The molecule has 2 saturated heterocycles. The van der Waals surface area contributed by atoms with E-state index < -0.39 is 23.8 Å². The molecule has 1 aromatic carbocycles. The number of hydrogen-bond donors (Lipinski definition) is 2. The number of hydrogen-bond acceptors (Lipinski definition) is 6. The summed E-state index contributed by atoms with van der Waals surface area (Å²) < 4.78 is 5.26. The maximum absolute atomic E-state index is 12.8. The second-order valence-corrected chi connectivity index (χ2v) is 5.97. The number of aryl methyl sites for hydroxylation is 1. The van der Waals surface area contributed by atoms with E-state index in [4.69, 9.17) is 4.74 Å². The number of nitrogens with zero attached hydrogens (tertiary/aromatic N) is 2. The Morgan fingerprint density at radius 1 is 1.20 bits per heavy atom. The number of imide groups is 2. The van der Waals surface area contributed by atoms with Gasteiger partial charge in [0.05, 0.1) is 18.9 Å². The number of benzene rings is 1. The highest BCUT2D eigenvalue weighted by Crippen LogP contribution is 2.23. The van der Waals surface area contributed by atoms with Gasteiger partial charge in [0.2, 0.25) is 5.91 Å². The largest absolute Gasteiger partial charge is 0.379 e. The molecule has 0 radical (unpaired) electrons. The molecule has 0 bridgehead atoms. The molecule has 3 rings (SSSR count). The number of anilines is 1. The van der Waals surface area contributed by atoms with Crippen LogP contribution < -0.4 is 15.6 Å². The van der Waals surface area contributed by atoms with Gasteiger partial charge in [0.1, 0.15) is 0 Å². The SMILES string of the molecule is C=C(NN1CCOCC1)[C@@H]1C(=O)NC(=O)N(c2ccc(C)cc2)C1=O. The first-order valence-corrected chi connectivity index (χ1v) is 8.01. The number of amides is 4. The molecule has 2 heterocycles. The van der Waals surface area contributed by atoms with Crippen LogP contribution in [0.15, 0.2) is 36.5 Å². The van der Waals surface area contributed by atoms with Gasteiger partial charge in [0, 0.05) is 18.8 Å². The van der Waals surface area contributed by atoms with Gasteiger partial charge in [-0.1, -0.05) is 24.3 Å². The lowest BCUT2D eigenvalue weighted by atomic mass is 10.0. The predicted octanol–water partition coefficient (Wildman–Crippen LogP) is 0.545. The molecule has 0 unspecified atom stereocenters. The summed E-state index contributed by atoms with van der Waals surface area (Å²) in [7, 11) is 0. The number of morpholine rings is 1. The minimum absolute atomic E-state index is 0.231. The molecule has 0 aromatic heterocycles. The van der Waals surface area contributed by atoms with Crippen LogP contribution in [0.25, 0.3) is 0 Å². The second kappa shape index (κ2) is 7.04. The quantitative estimate of drug-likeness (QED) is 0.775. The minimum atomic E-state index is -1.18. The van der Waals surface area contributed by atoms with E-state index >= 15 is 0 Å². The number of carbonyl (C=O) groups is 3. The van der Waals surface area contributed by atoms with Crippen molar-refractivity contribution in [3.8, 4) is 0 Å². The van der Waals surface area contributed by atoms with Crippen LogP contribution in [0.2, 0.25) is 0 Å². The van der Waals surface area contributed by atoms with Gasteiger partial charge in [-0.3, -0.25) is 14.9 Å². The van der Waals surface area contributed by atoms with E-state index in [1.165, 1.54) is 0 Å². The molecule has 2 aliphatic heterocycles. The normalized spacial score (nSPS) is 21.9. The van der Waals surface area contributed by atoms with Crippen molar-refractivity contribution < 1.29 is 19.1 Å². The molecule has 2 N–H and O–H groups in total. The average Bonchev–Trinajstić information content (AvgIpc) is 2.57. The highest BCUT2D eigenvalue weighted by molar-refractivity contribution is 6.28. The molecule has 0 aliphatic carbocycles. The van der Waals surface area contributed by atoms with E-state index in [9.17, 15) is 14.4 Å². The molecule has 8 nitrogen and oxygen atoms in total. The van der Waals surface area contributed by atoms with Gasteiger partial charge in [-0.05, 0) is 19.1 Å². The number of nitrogens with one attached hydrogen (secondary N) is 2. The number of urea groups is 1. The Kier molecular flexibility index (Phi) is 4.82. The standard InChI is InChI=1S/C17H20N4O4/c1-11-3-5-13(6-4-11)21-16(23)14(15(22)18-17(21)24)12(2)19-20-7-9-25-10-8-20/h3-6,14,19H,2,7-10H2,1H3,(H,18,22,24)/t14-/m1/s1. The molecule has 132 valence electrons. The van der Waals surface area contributed by atoms with Crippen molar-refractivity contribution in [3.05, 3.63) is 42.1 Å². The van der Waals surface area contributed by atoms with E-state index in [1.807, 2.05) is 11.9 Å². The van der Waals surface area contributed by atoms with Gasteiger partial charge in [-0.25, -0.2) is 14.7 Å². The molecule has 25 heavy (non-hydrogen) atoms. The van der Waals surface area contributed by atoms with Crippen LogP contribution in [-0.2, 0) is 14.3 Å². The summed E-state index contributed by atoms with van der Waals surface area (Å²) in [5, 5.41) is 4.06. The average molecular weight is 344 g/mol. The highest BCUT2D eigenvalue weighted by Gasteiger charge is 2.43. The third-order valence-corrected chi connectivity index (χ3v) is 4.12. The zero-order valence-electron chi connectivity index (χ0n) is 13.9. The first-order valence-electron chi connectivity index (χ1n) is 8.01. The molecule has 4 amide bonds. The smallest absolute Gasteiger partial charge is 0.335 e. The van der Waals surface area contributed by atoms with Crippen LogP contribution >= 0.6 is 0 Å². The van der Waals surface area contributed by atoms with Gasteiger partial charge < -0.3 is 10.2 Å². The Bertz CT molecular complexity index is 710. The van der Waals surface area contributed by atoms with Crippen LogP contribution in [0.1, 0.15) is 5.56 Å². The first kappa shape index (κ1) is 17.1. The van der Waals surface area contributed by atoms with Crippen molar-refractivity contribution in [2.24, 2.45) is 5.92 Å². The Balaban J connectivity index is 1.79. The minimum Gasteiger partial charge on any atom is -0.379 e. The van der Waals surface area contributed by atoms with Gasteiger partial charge >= 0.3 is 6.03 Å². The zero-order chi connectivity index (χ0) is 18.0. The van der Waals surface area contributed by atoms with Crippen LogP contribution in [0.3, 0.4) is 0 Å². The van der Waals surface area contributed by atoms with Crippen LogP contribution in [-0.4, -0.2) is 49.2 Å². The molecule has 2 aliphatic rings. The Morgan fingerprint density at radius 3 is 2.48 bits per heavy atom. The lowest BCUT2D eigenvalue weighted by Gasteiger charge is -2.34. The topological polar surface area (TPSA) is 91.0 Å². The van der Waals surface area contributed by atoms with Crippen molar-refractivity contribution in [1.29, 1.82) is 0 Å². The predicted molar refractivity (Wildman–Crippen MR) is 90.4 cm³/mol. The Labute approximate surface area is 145 Å². The number of hydrazine groups is 1. The molecular formula is C17H20N4O4. The summed E-state index contributed by atoms with van der Waals surface area (Å²) in [6.45, 7) is 8.07. The number of barbiturate groups is 1. The number of carbonyl (C=O) groups excluding carboxylic acids is 3. The number of rotatable bonds is 4. The fraction of sp³-hybridized carbons (Fsp3) is 0.353. The molecule has 0 spiro atoms. The fourth-order valence-electron chi connectivity index (χ4n) is 2.76. The zero-order valence-corrected chi connectivity index (χ0v) is 13.9. The molecule has 0 saturated carbocycles. The molecule has 2 fully saturated rings. The summed E-state index contributed by atoms with van der Waals surface area (Å²) in [5.41, 5.74) is 4.62. The van der Waals surface area contributed by atoms with E-state index in [1.54, 1.807) is 24.3 Å². The van der Waals surface area contributed by atoms with E-state index in [0.717, 1.165) is 10.5 Å². The van der Waals surface area contributed by atoms with Gasteiger partial charge in [-0.15, -0.1) is 0 Å². The number of ether oxygens (including phenoxy) is 1. The van der Waals surface area contributed by atoms with E-state index in [0.29, 0.717) is 32.0 Å². The van der Waals surface area contributed by atoms with Crippen molar-refractivity contribution in [3.63, 3.8) is 0 Å². The lowest BCUT2D eigenvalue weighted by molar-refractivity contribution is -0.133. The lowest BCUT2D eigenvalue weighted by Crippen LogP contribution is -2.60. The van der Waals surface area contributed by atoms with Gasteiger partial charge in [0.25, 0.3) is 5.91 Å². The maximum atomic E-state index is 12.8. The molecule has 8 heteroatoms. The van der Waals surface area contributed by atoms with Crippen molar-refractivity contribution in [2.45, 2.75) is 6.92 Å². The third kappa shape index (κ3) is 3.54. The van der Waals surface area contributed by atoms with Crippen LogP contribution in [0.5, 0.6) is 0 Å². The van der Waals surface area contributed by atoms with Crippen LogP contribution in [0, 0.1) is 12.8 Å². The maximum Gasteiger partial charge on any atom is 0.335 e. The van der Waals surface area contributed by atoms with E-state index in [-0.39, 0.29) is 5.70 Å². The summed E-state index contributed by atoms with van der Waals surface area (Å²) in [4.78, 5) is 38.1.